The van der Waals surface area contributed by atoms with Crippen LogP contribution in [0.3, 0.4) is 0 Å². The van der Waals surface area contributed by atoms with Gasteiger partial charge in [0.25, 0.3) is 5.91 Å². The van der Waals surface area contributed by atoms with Gasteiger partial charge in [-0.2, -0.15) is 0 Å². The van der Waals surface area contributed by atoms with Gasteiger partial charge in [-0.15, -0.1) is 0 Å². The Balaban J connectivity index is 1.77. The van der Waals surface area contributed by atoms with Crippen LogP contribution in [0.4, 0.5) is 10.1 Å². The summed E-state index contributed by atoms with van der Waals surface area (Å²) in [5.74, 6) is -0.709. The lowest BCUT2D eigenvalue weighted by atomic mass is 10.1. The molecule has 130 valence electrons. The van der Waals surface area contributed by atoms with Gasteiger partial charge in [-0.05, 0) is 30.3 Å². The number of methoxy groups -OCH3 is 1. The smallest absolute Gasteiger partial charge is 0.258 e. The molecule has 1 amide bonds. The Morgan fingerprint density at radius 3 is 2.65 bits per heavy atom. The van der Waals surface area contributed by atoms with Crippen LogP contribution in [0.15, 0.2) is 63.5 Å². The SMILES string of the molecule is COc1cc2c(cc1NC(=O)c1ccc(Br)cc1F)oc1ccccc12. The van der Waals surface area contributed by atoms with Gasteiger partial charge in [0.2, 0.25) is 0 Å². The van der Waals surface area contributed by atoms with E-state index in [2.05, 4.69) is 21.2 Å². The number of hydrogen-bond acceptors (Lipinski definition) is 3. The van der Waals surface area contributed by atoms with Gasteiger partial charge in [0.05, 0.1) is 18.4 Å². The molecule has 0 aliphatic rings. The van der Waals surface area contributed by atoms with Gasteiger partial charge in [-0.1, -0.05) is 34.1 Å². The Hall–Kier alpha value is -2.86. The highest BCUT2D eigenvalue weighted by atomic mass is 79.9. The standard InChI is InChI=1S/C20H13BrFNO3/c1-25-19-9-14-12-4-2-3-5-17(12)26-18(14)10-16(19)23-20(24)13-7-6-11(21)8-15(13)22/h2-10H,1H3,(H,23,24). The molecule has 4 rings (SSSR count). The average molecular weight is 414 g/mol. The molecule has 0 unspecified atom stereocenters. The number of fused-ring (bicyclic) bond motifs is 3. The fraction of sp³-hybridized carbons (Fsp3) is 0.0500. The molecule has 1 heterocycles. The molecule has 1 N–H and O–H groups in total. The number of ether oxygens (including phenoxy) is 1. The Morgan fingerprint density at radius 1 is 1.08 bits per heavy atom. The monoisotopic (exact) mass is 413 g/mol. The summed E-state index contributed by atoms with van der Waals surface area (Å²) in [5, 5.41) is 4.53. The highest BCUT2D eigenvalue weighted by Gasteiger charge is 2.17. The van der Waals surface area contributed by atoms with E-state index in [0.717, 1.165) is 16.4 Å². The summed E-state index contributed by atoms with van der Waals surface area (Å²) < 4.78 is 25.8. The Bertz CT molecular complexity index is 1150. The minimum atomic E-state index is -0.611. The summed E-state index contributed by atoms with van der Waals surface area (Å²) in [4.78, 5) is 12.5. The average Bonchev–Trinajstić information content (AvgIpc) is 2.98. The summed E-state index contributed by atoms with van der Waals surface area (Å²) >= 11 is 3.17. The minimum absolute atomic E-state index is 0.0556. The lowest BCUT2D eigenvalue weighted by molar-refractivity contribution is 0.102. The van der Waals surface area contributed by atoms with Crippen LogP contribution in [-0.4, -0.2) is 13.0 Å². The summed E-state index contributed by atoms with van der Waals surface area (Å²) in [6, 6.07) is 15.4. The third-order valence-electron chi connectivity index (χ3n) is 4.12. The second-order valence-corrected chi connectivity index (χ2v) is 6.64. The predicted octanol–water partition coefficient (Wildman–Crippen LogP) is 5.75. The van der Waals surface area contributed by atoms with E-state index in [1.165, 1.54) is 19.2 Å². The van der Waals surface area contributed by atoms with Crippen molar-refractivity contribution in [1.29, 1.82) is 0 Å². The van der Waals surface area contributed by atoms with Crippen LogP contribution < -0.4 is 10.1 Å². The summed E-state index contributed by atoms with van der Waals surface area (Å²) in [6.45, 7) is 0. The van der Waals surface area contributed by atoms with Crippen molar-refractivity contribution in [2.75, 3.05) is 12.4 Å². The maximum Gasteiger partial charge on any atom is 0.258 e. The van der Waals surface area contributed by atoms with Gasteiger partial charge >= 0.3 is 0 Å². The molecule has 0 radical (unpaired) electrons. The van der Waals surface area contributed by atoms with Crippen LogP contribution in [0.2, 0.25) is 0 Å². The van der Waals surface area contributed by atoms with Crippen molar-refractivity contribution >= 4 is 49.5 Å². The first-order chi connectivity index (χ1) is 12.6. The van der Waals surface area contributed by atoms with Gasteiger partial charge in [-0.3, -0.25) is 4.79 Å². The summed E-state index contributed by atoms with van der Waals surface area (Å²) in [5.41, 5.74) is 1.71. The van der Waals surface area contributed by atoms with Crippen molar-refractivity contribution in [2.24, 2.45) is 0 Å². The van der Waals surface area contributed by atoms with E-state index >= 15 is 0 Å². The fourth-order valence-corrected chi connectivity index (χ4v) is 3.21. The number of halogens is 2. The molecule has 26 heavy (non-hydrogen) atoms. The van der Waals surface area contributed by atoms with Crippen molar-refractivity contribution in [3.8, 4) is 5.75 Å². The third-order valence-corrected chi connectivity index (χ3v) is 4.62. The molecule has 0 aliphatic carbocycles. The van der Waals surface area contributed by atoms with Crippen LogP contribution in [0, 0.1) is 5.82 Å². The van der Waals surface area contributed by atoms with Crippen molar-refractivity contribution < 1.29 is 18.3 Å². The zero-order valence-electron chi connectivity index (χ0n) is 13.7. The highest BCUT2D eigenvalue weighted by Crippen LogP contribution is 2.36. The zero-order chi connectivity index (χ0) is 18.3. The number of para-hydroxylation sites is 1. The first kappa shape index (κ1) is 16.6. The van der Waals surface area contributed by atoms with Gasteiger partial charge in [-0.25, -0.2) is 4.39 Å². The maximum atomic E-state index is 14.0. The Labute approximate surface area is 156 Å². The molecule has 4 nitrogen and oxygen atoms in total. The molecular weight excluding hydrogens is 401 g/mol. The van der Waals surface area contributed by atoms with Crippen LogP contribution in [-0.2, 0) is 0 Å². The molecule has 3 aromatic carbocycles. The summed E-state index contributed by atoms with van der Waals surface area (Å²) in [6.07, 6.45) is 0. The van der Waals surface area contributed by atoms with E-state index in [9.17, 15) is 9.18 Å². The number of carbonyl (C=O) groups is 1. The van der Waals surface area contributed by atoms with Crippen molar-refractivity contribution in [3.63, 3.8) is 0 Å². The second kappa shape index (κ2) is 6.46. The molecule has 0 bridgehead atoms. The molecule has 0 saturated carbocycles. The molecule has 6 heteroatoms. The van der Waals surface area contributed by atoms with E-state index in [4.69, 9.17) is 9.15 Å². The molecule has 0 saturated heterocycles. The number of carbonyl (C=O) groups excluding carboxylic acids is 1. The number of benzene rings is 3. The van der Waals surface area contributed by atoms with Crippen molar-refractivity contribution in [1.82, 2.24) is 0 Å². The second-order valence-electron chi connectivity index (χ2n) is 5.73. The first-order valence-electron chi connectivity index (χ1n) is 7.82. The molecule has 1 aromatic heterocycles. The fourth-order valence-electron chi connectivity index (χ4n) is 2.88. The van der Waals surface area contributed by atoms with Crippen LogP contribution in [0.25, 0.3) is 21.9 Å². The predicted molar refractivity (Wildman–Crippen MR) is 102 cm³/mol. The lowest BCUT2D eigenvalue weighted by Gasteiger charge is -2.11. The molecule has 0 spiro atoms. The van der Waals surface area contributed by atoms with Crippen LogP contribution >= 0.6 is 15.9 Å². The van der Waals surface area contributed by atoms with Crippen molar-refractivity contribution in [3.05, 3.63) is 70.5 Å². The molecular formula is C20H13BrFNO3. The molecule has 4 aromatic rings. The minimum Gasteiger partial charge on any atom is -0.495 e. The van der Waals surface area contributed by atoms with Gasteiger partial charge in [0.1, 0.15) is 22.7 Å². The van der Waals surface area contributed by atoms with E-state index < -0.39 is 11.7 Å². The molecule has 0 fully saturated rings. The quantitative estimate of drug-likeness (QED) is 0.465. The lowest BCUT2D eigenvalue weighted by Crippen LogP contribution is -2.14. The topological polar surface area (TPSA) is 51.5 Å². The Kier molecular flexibility index (Phi) is 4.12. The summed E-state index contributed by atoms with van der Waals surface area (Å²) in [7, 11) is 1.51. The molecule has 0 atom stereocenters. The first-order valence-corrected chi connectivity index (χ1v) is 8.62. The van der Waals surface area contributed by atoms with Gasteiger partial charge in [0.15, 0.2) is 0 Å². The number of rotatable bonds is 3. The van der Waals surface area contributed by atoms with E-state index in [1.807, 2.05) is 24.3 Å². The van der Waals surface area contributed by atoms with Gasteiger partial charge < -0.3 is 14.5 Å². The van der Waals surface area contributed by atoms with E-state index in [-0.39, 0.29) is 5.56 Å². The number of anilines is 1. The highest BCUT2D eigenvalue weighted by molar-refractivity contribution is 9.10. The number of furan rings is 1. The molecule has 0 aliphatic heterocycles. The Morgan fingerprint density at radius 2 is 1.88 bits per heavy atom. The zero-order valence-corrected chi connectivity index (χ0v) is 15.3. The maximum absolute atomic E-state index is 14.0. The van der Waals surface area contributed by atoms with Crippen molar-refractivity contribution in [2.45, 2.75) is 0 Å². The third kappa shape index (κ3) is 2.82. The van der Waals surface area contributed by atoms with E-state index in [1.54, 1.807) is 18.2 Å². The largest absolute Gasteiger partial charge is 0.495 e. The van der Waals surface area contributed by atoms with Crippen LogP contribution in [0.1, 0.15) is 10.4 Å². The number of amides is 1. The number of nitrogens with one attached hydrogen (secondary N) is 1. The van der Waals surface area contributed by atoms with Crippen LogP contribution in [0.5, 0.6) is 5.75 Å². The number of hydrogen-bond donors (Lipinski definition) is 1. The van der Waals surface area contributed by atoms with E-state index in [0.29, 0.717) is 21.5 Å². The van der Waals surface area contributed by atoms with Gasteiger partial charge in [0, 0.05) is 21.3 Å². The normalized spacial score (nSPS) is 11.0.